The summed E-state index contributed by atoms with van der Waals surface area (Å²) in [7, 11) is 0. The Labute approximate surface area is 134 Å². The van der Waals surface area contributed by atoms with E-state index >= 15 is 0 Å². The summed E-state index contributed by atoms with van der Waals surface area (Å²) in [6.45, 7) is 0. The second kappa shape index (κ2) is 8.75. The van der Waals surface area contributed by atoms with Crippen LogP contribution in [-0.2, 0) is 4.79 Å². The number of nitriles is 1. The van der Waals surface area contributed by atoms with E-state index in [2.05, 4.69) is 16.7 Å². The zero-order valence-corrected chi connectivity index (χ0v) is 12.9. The van der Waals surface area contributed by atoms with Crippen LogP contribution in [0, 0.1) is 11.3 Å². The molecule has 0 saturated heterocycles. The van der Waals surface area contributed by atoms with Crippen molar-refractivity contribution in [1.82, 2.24) is 0 Å². The molecule has 0 fully saturated rings. The molecule has 0 saturated carbocycles. The highest BCUT2D eigenvalue weighted by atomic mass is 32.2. The highest BCUT2D eigenvalue weighted by molar-refractivity contribution is 7.99. The van der Waals surface area contributed by atoms with E-state index in [0.717, 1.165) is 17.1 Å². The van der Waals surface area contributed by atoms with Crippen LogP contribution in [0.15, 0.2) is 54.6 Å². The van der Waals surface area contributed by atoms with Gasteiger partial charge in [-0.15, -0.1) is 0 Å². The fraction of sp³-hybridized carbons (Fsp3) is 0.176. The van der Waals surface area contributed by atoms with Crippen molar-refractivity contribution in [3.63, 3.8) is 0 Å². The average Bonchev–Trinajstić information content (AvgIpc) is 2.54. The smallest absolute Gasteiger partial charge is 0.234 e. The Kier molecular flexibility index (Phi) is 6.34. The van der Waals surface area contributed by atoms with E-state index < -0.39 is 0 Å². The monoisotopic (exact) mass is 311 g/mol. The van der Waals surface area contributed by atoms with Crippen LogP contribution in [0.25, 0.3) is 0 Å². The number of para-hydroxylation sites is 1. The molecule has 5 heteroatoms. The van der Waals surface area contributed by atoms with E-state index in [1.165, 1.54) is 11.8 Å². The topological polar surface area (TPSA) is 64.9 Å². The predicted octanol–water partition coefficient (Wildman–Crippen LogP) is 4.02. The van der Waals surface area contributed by atoms with Gasteiger partial charge >= 0.3 is 0 Å². The maximum Gasteiger partial charge on any atom is 0.234 e. The maximum atomic E-state index is 11.7. The Balaban J connectivity index is 1.81. The molecule has 0 unspecified atom stereocenters. The molecule has 0 bridgehead atoms. The molecule has 1 amide bonds. The van der Waals surface area contributed by atoms with Gasteiger partial charge in [-0.3, -0.25) is 4.79 Å². The molecule has 2 N–H and O–H groups in total. The van der Waals surface area contributed by atoms with Crippen LogP contribution < -0.4 is 10.6 Å². The third-order valence-electron chi connectivity index (χ3n) is 2.82. The predicted molar refractivity (Wildman–Crippen MR) is 92.4 cm³/mol. The third-order valence-corrected chi connectivity index (χ3v) is 3.78. The van der Waals surface area contributed by atoms with Crippen molar-refractivity contribution in [3.05, 3.63) is 54.6 Å². The van der Waals surface area contributed by atoms with Gasteiger partial charge in [-0.25, -0.2) is 0 Å². The van der Waals surface area contributed by atoms with E-state index in [1.54, 1.807) is 0 Å². The summed E-state index contributed by atoms with van der Waals surface area (Å²) in [5.74, 6) is 1.00. The Morgan fingerprint density at radius 1 is 1.00 bits per heavy atom. The van der Waals surface area contributed by atoms with Crippen LogP contribution in [0.3, 0.4) is 0 Å². The highest BCUT2D eigenvalue weighted by Crippen LogP contribution is 2.18. The second-order valence-corrected chi connectivity index (χ2v) is 5.68. The zero-order chi connectivity index (χ0) is 15.6. The number of anilines is 3. The van der Waals surface area contributed by atoms with Gasteiger partial charge in [-0.1, -0.05) is 18.2 Å². The first-order valence-corrected chi connectivity index (χ1v) is 8.10. The summed E-state index contributed by atoms with van der Waals surface area (Å²) in [5, 5.41) is 14.6. The van der Waals surface area contributed by atoms with E-state index in [1.807, 2.05) is 54.6 Å². The van der Waals surface area contributed by atoms with Crippen molar-refractivity contribution in [1.29, 1.82) is 5.26 Å². The minimum atomic E-state index is -0.0493. The maximum absolute atomic E-state index is 11.7. The van der Waals surface area contributed by atoms with Gasteiger partial charge in [0.2, 0.25) is 5.91 Å². The molecular formula is C17H17N3OS. The number of nitrogens with one attached hydrogen (secondary N) is 2. The van der Waals surface area contributed by atoms with Gasteiger partial charge < -0.3 is 10.6 Å². The molecule has 0 heterocycles. The van der Waals surface area contributed by atoms with Crippen molar-refractivity contribution < 1.29 is 4.79 Å². The first-order chi connectivity index (χ1) is 10.8. The molecule has 2 aromatic rings. The van der Waals surface area contributed by atoms with Crippen molar-refractivity contribution in [2.75, 3.05) is 22.1 Å². The Bertz CT molecular complexity index is 635. The molecule has 0 spiro atoms. The van der Waals surface area contributed by atoms with Crippen LogP contribution in [0.4, 0.5) is 17.1 Å². The number of carbonyl (C=O) groups excluding carboxylic acids is 1. The van der Waals surface area contributed by atoms with Crippen molar-refractivity contribution in [2.45, 2.75) is 6.42 Å². The molecule has 0 atom stereocenters. The minimum Gasteiger partial charge on any atom is -0.356 e. The van der Waals surface area contributed by atoms with Crippen LogP contribution in [-0.4, -0.2) is 17.4 Å². The van der Waals surface area contributed by atoms with Gasteiger partial charge in [0.05, 0.1) is 11.8 Å². The van der Waals surface area contributed by atoms with Crippen LogP contribution >= 0.6 is 11.8 Å². The summed E-state index contributed by atoms with van der Waals surface area (Å²) < 4.78 is 0. The number of thioether (sulfide) groups is 1. The summed E-state index contributed by atoms with van der Waals surface area (Å²) in [6.07, 6.45) is 0.470. The fourth-order valence-corrected chi connectivity index (χ4v) is 2.44. The van der Waals surface area contributed by atoms with Gasteiger partial charge in [-0.05, 0) is 36.4 Å². The van der Waals surface area contributed by atoms with E-state index in [9.17, 15) is 4.79 Å². The lowest BCUT2D eigenvalue weighted by atomic mass is 10.2. The van der Waals surface area contributed by atoms with Crippen molar-refractivity contribution in [2.24, 2.45) is 0 Å². The molecule has 112 valence electrons. The average molecular weight is 311 g/mol. The molecule has 22 heavy (non-hydrogen) atoms. The number of rotatable bonds is 7. The van der Waals surface area contributed by atoms with Gasteiger partial charge in [0, 0.05) is 29.2 Å². The summed E-state index contributed by atoms with van der Waals surface area (Å²) in [4.78, 5) is 11.7. The summed E-state index contributed by atoms with van der Waals surface area (Å²) in [6, 6.07) is 19.5. The molecule has 0 radical (unpaired) electrons. The molecule has 0 aliphatic rings. The standard InChI is InChI=1S/C17H17N3OS/c18-11-4-12-22-13-17(21)20-16-9-7-15(8-10-16)19-14-5-2-1-3-6-14/h1-3,5-10,19H,4,12-13H2,(H,20,21). The van der Waals surface area contributed by atoms with Gasteiger partial charge in [0.1, 0.15) is 0 Å². The lowest BCUT2D eigenvalue weighted by molar-refractivity contribution is -0.113. The van der Waals surface area contributed by atoms with Gasteiger partial charge in [0.25, 0.3) is 0 Å². The third kappa shape index (κ3) is 5.51. The molecule has 2 rings (SSSR count). The summed E-state index contributed by atoms with van der Waals surface area (Å²) >= 11 is 1.46. The largest absolute Gasteiger partial charge is 0.356 e. The van der Waals surface area contributed by atoms with Crippen LogP contribution in [0.5, 0.6) is 0 Å². The molecule has 0 aromatic heterocycles. The first kappa shape index (κ1) is 15.9. The number of hydrogen-bond donors (Lipinski definition) is 2. The van der Waals surface area contributed by atoms with Crippen molar-refractivity contribution >= 4 is 34.7 Å². The quantitative estimate of drug-likeness (QED) is 0.758. The molecule has 4 nitrogen and oxygen atoms in total. The Morgan fingerprint density at radius 2 is 1.64 bits per heavy atom. The lowest BCUT2D eigenvalue weighted by Gasteiger charge is -2.08. The molecule has 0 aliphatic carbocycles. The highest BCUT2D eigenvalue weighted by Gasteiger charge is 2.02. The zero-order valence-electron chi connectivity index (χ0n) is 12.1. The number of nitrogens with zero attached hydrogens (tertiary/aromatic N) is 1. The van der Waals surface area contributed by atoms with Gasteiger partial charge in [-0.2, -0.15) is 17.0 Å². The first-order valence-electron chi connectivity index (χ1n) is 6.94. The Morgan fingerprint density at radius 3 is 2.32 bits per heavy atom. The molecular weight excluding hydrogens is 294 g/mol. The van der Waals surface area contributed by atoms with E-state index in [0.29, 0.717) is 17.9 Å². The van der Waals surface area contributed by atoms with Crippen molar-refractivity contribution in [3.8, 4) is 6.07 Å². The minimum absolute atomic E-state index is 0.0493. The number of benzene rings is 2. The van der Waals surface area contributed by atoms with E-state index in [4.69, 9.17) is 5.26 Å². The SMILES string of the molecule is N#CCCSCC(=O)Nc1ccc(Nc2ccccc2)cc1. The number of carbonyl (C=O) groups is 1. The number of hydrogen-bond acceptors (Lipinski definition) is 4. The van der Waals surface area contributed by atoms with E-state index in [-0.39, 0.29) is 5.91 Å². The molecule has 2 aromatic carbocycles. The Hall–Kier alpha value is -2.45. The molecule has 0 aliphatic heterocycles. The summed E-state index contributed by atoms with van der Waals surface area (Å²) in [5.41, 5.74) is 2.75. The number of amides is 1. The van der Waals surface area contributed by atoms with Crippen LogP contribution in [0.1, 0.15) is 6.42 Å². The normalized spacial score (nSPS) is 9.77. The lowest BCUT2D eigenvalue weighted by Crippen LogP contribution is -2.14. The second-order valence-electron chi connectivity index (χ2n) is 4.58. The van der Waals surface area contributed by atoms with Gasteiger partial charge in [0.15, 0.2) is 0 Å². The fourth-order valence-electron chi connectivity index (χ4n) is 1.80. The van der Waals surface area contributed by atoms with Crippen LogP contribution in [0.2, 0.25) is 0 Å².